The summed E-state index contributed by atoms with van der Waals surface area (Å²) in [5.41, 5.74) is 1.80. The number of carbonyl (C=O) groups is 1. The van der Waals surface area contributed by atoms with Crippen molar-refractivity contribution in [3.63, 3.8) is 0 Å². The molecule has 1 aliphatic heterocycles. The fourth-order valence-corrected chi connectivity index (χ4v) is 2.91. The number of carbonyl (C=O) groups excluding carboxylic acids is 1. The second-order valence-electron chi connectivity index (χ2n) is 7.52. The van der Waals surface area contributed by atoms with E-state index in [1.54, 1.807) is 45.9 Å². The summed E-state index contributed by atoms with van der Waals surface area (Å²) in [5, 5.41) is 12.7. The molecule has 0 N–H and O–H groups in total. The Morgan fingerprint density at radius 2 is 2.00 bits per heavy atom. The second-order valence-corrected chi connectivity index (χ2v) is 7.52. The van der Waals surface area contributed by atoms with E-state index in [1.807, 2.05) is 0 Å². The number of nitrogens with zero attached hydrogens (tertiary/aromatic N) is 2. The van der Waals surface area contributed by atoms with Crippen molar-refractivity contribution >= 4 is 11.8 Å². The van der Waals surface area contributed by atoms with E-state index in [0.29, 0.717) is 29.1 Å². The summed E-state index contributed by atoms with van der Waals surface area (Å²) < 4.78 is 24.8. The monoisotopic (exact) mass is 374 g/mol. The lowest BCUT2D eigenvalue weighted by Gasteiger charge is -2.30. The van der Waals surface area contributed by atoms with Gasteiger partial charge in [0, 0.05) is 18.9 Å². The van der Waals surface area contributed by atoms with Gasteiger partial charge in [0.1, 0.15) is 18.0 Å². The molecule has 0 fully saturated rings. The minimum Gasteiger partial charge on any atom is -0.616 e. The predicted molar refractivity (Wildman–Crippen MR) is 98.4 cm³/mol. The van der Waals surface area contributed by atoms with Crippen LogP contribution in [0.1, 0.15) is 37.6 Å². The van der Waals surface area contributed by atoms with Crippen molar-refractivity contribution < 1.29 is 23.4 Å². The molecular formula is C20H23FN2O4. The van der Waals surface area contributed by atoms with Crippen molar-refractivity contribution in [2.45, 2.75) is 39.7 Å². The third-order valence-electron chi connectivity index (χ3n) is 4.25. The molecule has 0 bridgehead atoms. The quantitative estimate of drug-likeness (QED) is 0.596. The van der Waals surface area contributed by atoms with Crippen LogP contribution in [-0.4, -0.2) is 24.8 Å². The number of pyridine rings is 1. The van der Waals surface area contributed by atoms with Crippen molar-refractivity contribution in [2.75, 3.05) is 18.1 Å². The first-order chi connectivity index (χ1) is 12.7. The van der Waals surface area contributed by atoms with Crippen molar-refractivity contribution in [1.82, 2.24) is 0 Å². The van der Waals surface area contributed by atoms with Crippen molar-refractivity contribution in [3.8, 4) is 5.88 Å². The maximum absolute atomic E-state index is 13.1. The van der Waals surface area contributed by atoms with Gasteiger partial charge in [0.2, 0.25) is 0 Å². The summed E-state index contributed by atoms with van der Waals surface area (Å²) in [6.45, 7) is 7.56. The Kier molecular flexibility index (Phi) is 4.95. The molecule has 3 rings (SSSR count). The van der Waals surface area contributed by atoms with Crippen LogP contribution in [0.25, 0.3) is 0 Å². The van der Waals surface area contributed by atoms with Crippen LogP contribution in [-0.2, 0) is 11.2 Å². The lowest BCUT2D eigenvalue weighted by molar-refractivity contribution is -0.619. The van der Waals surface area contributed by atoms with E-state index in [-0.39, 0.29) is 18.3 Å². The Morgan fingerprint density at radius 3 is 2.63 bits per heavy atom. The molecular weight excluding hydrogens is 351 g/mol. The third kappa shape index (κ3) is 4.13. The topological polar surface area (TPSA) is 65.7 Å². The Morgan fingerprint density at radius 1 is 1.33 bits per heavy atom. The lowest BCUT2D eigenvalue weighted by Crippen LogP contribution is -2.46. The van der Waals surface area contributed by atoms with Gasteiger partial charge in [-0.2, -0.15) is 0 Å². The number of anilines is 1. The molecule has 0 unspecified atom stereocenters. The van der Waals surface area contributed by atoms with Crippen LogP contribution in [0, 0.1) is 17.9 Å². The molecule has 2 heterocycles. The van der Waals surface area contributed by atoms with Gasteiger partial charge in [-0.05, 0) is 44.5 Å². The molecule has 2 aromatic rings. The molecule has 144 valence electrons. The van der Waals surface area contributed by atoms with Gasteiger partial charge in [-0.15, -0.1) is 4.73 Å². The smallest absolute Gasteiger partial charge is 0.415 e. The first-order valence-corrected chi connectivity index (χ1v) is 8.79. The zero-order valence-electron chi connectivity index (χ0n) is 15.9. The molecule has 0 aliphatic carbocycles. The highest BCUT2D eigenvalue weighted by Crippen LogP contribution is 2.32. The van der Waals surface area contributed by atoms with Crippen molar-refractivity contribution in [2.24, 2.45) is 0 Å². The van der Waals surface area contributed by atoms with E-state index in [9.17, 15) is 14.4 Å². The van der Waals surface area contributed by atoms with Crippen molar-refractivity contribution in [3.05, 3.63) is 58.2 Å². The molecule has 27 heavy (non-hydrogen) atoms. The highest BCUT2D eigenvalue weighted by molar-refractivity contribution is 5.89. The fourth-order valence-electron chi connectivity index (χ4n) is 2.91. The maximum Gasteiger partial charge on any atom is 0.415 e. The van der Waals surface area contributed by atoms with E-state index in [2.05, 4.69) is 0 Å². The number of hydrogen-bond acceptors (Lipinski definition) is 4. The van der Waals surface area contributed by atoms with Gasteiger partial charge in [-0.1, -0.05) is 12.1 Å². The summed E-state index contributed by atoms with van der Waals surface area (Å²) in [4.78, 5) is 14.0. The summed E-state index contributed by atoms with van der Waals surface area (Å²) in [5.74, 6) is -0.225. The lowest BCUT2D eigenvalue weighted by atomic mass is 10.0. The molecule has 1 aromatic heterocycles. The maximum atomic E-state index is 13.1. The first kappa shape index (κ1) is 18.9. The number of fused-ring (bicyclic) bond motifs is 1. The Hall–Kier alpha value is -2.83. The predicted octanol–water partition coefficient (Wildman–Crippen LogP) is 3.49. The Bertz CT molecular complexity index is 860. The minimum atomic E-state index is -0.648. The highest BCUT2D eigenvalue weighted by atomic mass is 19.1. The normalized spacial score (nSPS) is 13.7. The van der Waals surface area contributed by atoms with Gasteiger partial charge in [0.05, 0.1) is 6.54 Å². The van der Waals surface area contributed by atoms with Gasteiger partial charge in [0.15, 0.2) is 11.4 Å². The third-order valence-corrected chi connectivity index (χ3v) is 4.25. The SMILES string of the molecule is Cc1c(Cc2ccc(F)cc2)cc2c([n+]1[O-])OCCN2C(=O)OC(C)(C)C. The molecule has 7 heteroatoms. The summed E-state index contributed by atoms with van der Waals surface area (Å²) >= 11 is 0. The number of amides is 1. The summed E-state index contributed by atoms with van der Waals surface area (Å²) in [6.07, 6.45) is -0.0901. The van der Waals surface area contributed by atoms with Crippen LogP contribution in [0.3, 0.4) is 0 Å². The van der Waals surface area contributed by atoms with Gasteiger partial charge in [-0.3, -0.25) is 4.90 Å². The second kappa shape index (κ2) is 7.06. The van der Waals surface area contributed by atoms with E-state index < -0.39 is 11.7 Å². The molecule has 1 aliphatic rings. The summed E-state index contributed by atoms with van der Waals surface area (Å²) in [7, 11) is 0. The van der Waals surface area contributed by atoms with Crippen molar-refractivity contribution in [1.29, 1.82) is 0 Å². The Balaban J connectivity index is 1.98. The molecule has 1 aromatic carbocycles. The number of ether oxygens (including phenoxy) is 2. The molecule has 0 radical (unpaired) electrons. The summed E-state index contributed by atoms with van der Waals surface area (Å²) in [6, 6.07) is 7.87. The standard InChI is InChI=1S/C20H23FN2O4/c1-13-15(11-14-5-7-16(21)8-6-14)12-17-18(23(13)25)26-10-9-22(17)19(24)27-20(2,3)4/h5-8,12H,9-11H2,1-4H3. The van der Waals surface area contributed by atoms with Crippen LogP contribution in [0.15, 0.2) is 30.3 Å². The van der Waals surface area contributed by atoms with Crippen LogP contribution < -0.4 is 14.4 Å². The van der Waals surface area contributed by atoms with E-state index >= 15 is 0 Å². The van der Waals surface area contributed by atoms with Gasteiger partial charge < -0.3 is 14.7 Å². The fraction of sp³-hybridized carbons (Fsp3) is 0.400. The van der Waals surface area contributed by atoms with Crippen LogP contribution in [0.4, 0.5) is 14.9 Å². The molecule has 0 saturated carbocycles. The number of halogens is 1. The van der Waals surface area contributed by atoms with E-state index in [1.165, 1.54) is 17.0 Å². The average molecular weight is 374 g/mol. The van der Waals surface area contributed by atoms with Gasteiger partial charge in [0.25, 0.3) is 0 Å². The molecule has 0 saturated heterocycles. The Labute approximate surface area is 157 Å². The van der Waals surface area contributed by atoms with Crippen LogP contribution >= 0.6 is 0 Å². The van der Waals surface area contributed by atoms with Crippen LogP contribution in [0.5, 0.6) is 5.88 Å². The molecule has 0 atom stereocenters. The zero-order chi connectivity index (χ0) is 19.8. The molecule has 6 nitrogen and oxygen atoms in total. The highest BCUT2D eigenvalue weighted by Gasteiger charge is 2.34. The minimum absolute atomic E-state index is 0.0902. The molecule has 0 spiro atoms. The van der Waals surface area contributed by atoms with Gasteiger partial charge in [-0.25, -0.2) is 9.18 Å². The van der Waals surface area contributed by atoms with E-state index in [0.717, 1.165) is 11.1 Å². The zero-order valence-corrected chi connectivity index (χ0v) is 15.9. The van der Waals surface area contributed by atoms with Crippen LogP contribution in [0.2, 0.25) is 0 Å². The number of hydrogen-bond donors (Lipinski definition) is 0. The number of benzene rings is 1. The largest absolute Gasteiger partial charge is 0.616 e. The van der Waals surface area contributed by atoms with E-state index in [4.69, 9.17) is 9.47 Å². The van der Waals surface area contributed by atoms with Gasteiger partial charge >= 0.3 is 12.0 Å². The number of aromatic nitrogens is 1. The first-order valence-electron chi connectivity index (χ1n) is 8.79. The average Bonchev–Trinajstić information content (AvgIpc) is 2.59. The molecule has 1 amide bonds. The number of rotatable bonds is 2.